The van der Waals surface area contributed by atoms with Crippen molar-refractivity contribution in [3.8, 4) is 0 Å². The molecule has 1 heterocycles. The highest BCUT2D eigenvalue weighted by molar-refractivity contribution is 4.84. The molecule has 0 aliphatic carbocycles. The Morgan fingerprint density at radius 2 is 2.60 bits per heavy atom. The van der Waals surface area contributed by atoms with Gasteiger partial charge in [-0.1, -0.05) is 0 Å². The smallest absolute Gasteiger partial charge is 0.234 e. The lowest BCUT2D eigenvalue weighted by Crippen LogP contribution is -2.19. The molecule has 1 rings (SSSR count). The highest BCUT2D eigenvalue weighted by Gasteiger charge is 2.10. The Morgan fingerprint density at radius 1 is 1.80 bits per heavy atom. The Labute approximate surface area is 57.8 Å². The molecule has 0 aromatic rings. The van der Waals surface area contributed by atoms with Gasteiger partial charge in [0.05, 0.1) is 11.5 Å². The first kappa shape index (κ1) is 7.17. The minimum Gasteiger partial charge on any atom is -0.358 e. The molecule has 1 saturated heterocycles. The molecule has 10 heavy (non-hydrogen) atoms. The molecule has 0 saturated carbocycles. The largest absolute Gasteiger partial charge is 0.358 e. The Morgan fingerprint density at radius 3 is 3.10 bits per heavy atom. The van der Waals surface area contributed by atoms with E-state index in [0.29, 0.717) is 6.61 Å². The topological polar surface area (TPSA) is 64.4 Å². The van der Waals surface area contributed by atoms with E-state index < -0.39 is 4.92 Å². The number of nitrogens with zero attached hydrogens (tertiary/aromatic N) is 1. The second-order valence-electron chi connectivity index (χ2n) is 1.87. The van der Waals surface area contributed by atoms with Crippen LogP contribution in [-0.4, -0.2) is 24.3 Å². The molecule has 0 bridgehead atoms. The van der Waals surface area contributed by atoms with Crippen LogP contribution in [0.3, 0.4) is 0 Å². The van der Waals surface area contributed by atoms with Gasteiger partial charge >= 0.3 is 0 Å². The van der Waals surface area contributed by atoms with Crippen LogP contribution in [0.2, 0.25) is 0 Å². The van der Waals surface area contributed by atoms with Crippen LogP contribution in [0.1, 0.15) is 0 Å². The van der Waals surface area contributed by atoms with Gasteiger partial charge in [0.2, 0.25) is 6.20 Å². The lowest BCUT2D eigenvalue weighted by Gasteiger charge is -1.98. The van der Waals surface area contributed by atoms with Gasteiger partial charge in [0.15, 0.2) is 0 Å². The zero-order valence-corrected chi connectivity index (χ0v) is 5.32. The quantitative estimate of drug-likeness (QED) is 0.427. The van der Waals surface area contributed by atoms with Crippen molar-refractivity contribution < 1.29 is 9.66 Å². The van der Waals surface area contributed by atoms with E-state index in [1.54, 1.807) is 0 Å². The third-order valence-corrected chi connectivity index (χ3v) is 1.13. The maximum Gasteiger partial charge on any atom is 0.234 e. The molecule has 0 amide bonds. The molecular weight excluding hydrogens is 136 g/mol. The highest BCUT2D eigenvalue weighted by Crippen LogP contribution is 1.95. The van der Waals surface area contributed by atoms with E-state index in [1.165, 1.54) is 6.08 Å². The summed E-state index contributed by atoms with van der Waals surface area (Å²) in [4.78, 5) is 9.28. The van der Waals surface area contributed by atoms with Crippen LogP contribution in [0, 0.1) is 10.1 Å². The van der Waals surface area contributed by atoms with E-state index in [2.05, 4.69) is 5.32 Å². The van der Waals surface area contributed by atoms with E-state index in [-0.39, 0.29) is 6.23 Å². The van der Waals surface area contributed by atoms with E-state index in [0.717, 1.165) is 12.7 Å². The van der Waals surface area contributed by atoms with Crippen LogP contribution >= 0.6 is 0 Å². The third-order valence-electron chi connectivity index (χ3n) is 1.13. The van der Waals surface area contributed by atoms with E-state index in [1.807, 2.05) is 0 Å². The Bertz CT molecular complexity index is 151. The van der Waals surface area contributed by atoms with Crippen LogP contribution in [0.15, 0.2) is 12.3 Å². The predicted molar refractivity (Wildman–Crippen MR) is 33.9 cm³/mol. The van der Waals surface area contributed by atoms with Crippen molar-refractivity contribution in [3.05, 3.63) is 22.4 Å². The normalized spacial score (nSPS) is 25.8. The van der Waals surface area contributed by atoms with Crippen LogP contribution in [-0.2, 0) is 4.74 Å². The van der Waals surface area contributed by atoms with Crippen LogP contribution in [0.25, 0.3) is 0 Å². The number of nitrogens with one attached hydrogen (secondary N) is 1. The summed E-state index contributed by atoms with van der Waals surface area (Å²) in [5.74, 6) is 0. The van der Waals surface area contributed by atoms with Gasteiger partial charge in [-0.2, -0.15) is 0 Å². The second kappa shape index (κ2) is 3.28. The number of rotatable bonds is 2. The first-order valence-corrected chi connectivity index (χ1v) is 2.96. The fraction of sp³-hybridized carbons (Fsp3) is 0.600. The average molecular weight is 144 g/mol. The van der Waals surface area contributed by atoms with E-state index in [9.17, 15) is 10.1 Å². The standard InChI is InChI=1S/C5H8N2O3/c8-7(9)3-1-5-6-2-4-10-5/h1,3,5-6H,2,4H2. The molecule has 1 N–H and O–H groups in total. The van der Waals surface area contributed by atoms with Gasteiger partial charge < -0.3 is 4.74 Å². The maximum absolute atomic E-state index is 9.79. The van der Waals surface area contributed by atoms with Gasteiger partial charge in [0, 0.05) is 12.6 Å². The maximum atomic E-state index is 9.79. The summed E-state index contributed by atoms with van der Waals surface area (Å²) in [7, 11) is 0. The zero-order chi connectivity index (χ0) is 7.40. The second-order valence-corrected chi connectivity index (χ2v) is 1.87. The van der Waals surface area contributed by atoms with Crippen molar-refractivity contribution in [3.63, 3.8) is 0 Å². The van der Waals surface area contributed by atoms with Crippen molar-refractivity contribution in [2.75, 3.05) is 13.2 Å². The SMILES string of the molecule is O=[N+]([O-])C=CC1NCCO1. The number of hydrogen-bond donors (Lipinski definition) is 1. The van der Waals surface area contributed by atoms with Crippen LogP contribution in [0.4, 0.5) is 0 Å². The summed E-state index contributed by atoms with van der Waals surface area (Å²) >= 11 is 0. The predicted octanol–water partition coefficient (Wildman–Crippen LogP) is -0.277. The molecule has 0 spiro atoms. The highest BCUT2D eigenvalue weighted by atomic mass is 16.6. The molecule has 0 radical (unpaired) electrons. The Hall–Kier alpha value is -0.940. The lowest BCUT2D eigenvalue weighted by atomic mass is 10.5. The fourth-order valence-electron chi connectivity index (χ4n) is 0.718. The molecule has 5 heteroatoms. The number of ether oxygens (including phenoxy) is 1. The van der Waals surface area contributed by atoms with Crippen molar-refractivity contribution in [2.24, 2.45) is 0 Å². The van der Waals surface area contributed by atoms with Crippen LogP contribution < -0.4 is 5.32 Å². The monoisotopic (exact) mass is 144 g/mol. The molecule has 1 aliphatic rings. The van der Waals surface area contributed by atoms with Gasteiger partial charge in [-0.3, -0.25) is 15.4 Å². The van der Waals surface area contributed by atoms with Crippen LogP contribution in [0.5, 0.6) is 0 Å². The summed E-state index contributed by atoms with van der Waals surface area (Å²) in [5, 5.41) is 12.7. The van der Waals surface area contributed by atoms with E-state index in [4.69, 9.17) is 4.74 Å². The molecule has 1 atom stereocenters. The van der Waals surface area contributed by atoms with Gasteiger partial charge in [0.25, 0.3) is 0 Å². The Balaban J connectivity index is 2.29. The first-order chi connectivity index (χ1) is 4.79. The number of nitro groups is 1. The summed E-state index contributed by atoms with van der Waals surface area (Å²) in [6.45, 7) is 1.37. The van der Waals surface area contributed by atoms with Gasteiger partial charge in [-0.15, -0.1) is 0 Å². The average Bonchev–Trinajstić information content (AvgIpc) is 2.34. The van der Waals surface area contributed by atoms with Gasteiger partial charge in [-0.25, -0.2) is 0 Å². The fourth-order valence-corrected chi connectivity index (χ4v) is 0.718. The summed E-state index contributed by atoms with van der Waals surface area (Å²) in [5.41, 5.74) is 0. The summed E-state index contributed by atoms with van der Waals surface area (Å²) in [6, 6.07) is 0. The zero-order valence-electron chi connectivity index (χ0n) is 5.32. The van der Waals surface area contributed by atoms with Crippen molar-refractivity contribution in [2.45, 2.75) is 6.23 Å². The molecule has 56 valence electrons. The number of hydrogen-bond acceptors (Lipinski definition) is 4. The van der Waals surface area contributed by atoms with Crippen molar-refractivity contribution in [1.82, 2.24) is 5.32 Å². The van der Waals surface area contributed by atoms with Gasteiger partial charge in [-0.05, 0) is 0 Å². The first-order valence-electron chi connectivity index (χ1n) is 2.96. The summed E-state index contributed by atoms with van der Waals surface area (Å²) in [6.07, 6.45) is 1.99. The van der Waals surface area contributed by atoms with E-state index >= 15 is 0 Å². The molecule has 1 aliphatic heterocycles. The molecular formula is C5H8N2O3. The molecule has 1 fully saturated rings. The third kappa shape index (κ3) is 2.12. The molecule has 1 unspecified atom stereocenters. The molecule has 0 aromatic heterocycles. The molecule has 0 aromatic carbocycles. The molecule has 5 nitrogen and oxygen atoms in total. The van der Waals surface area contributed by atoms with Crippen molar-refractivity contribution in [1.29, 1.82) is 0 Å². The Kier molecular flexibility index (Phi) is 2.35. The van der Waals surface area contributed by atoms with Crippen molar-refractivity contribution >= 4 is 0 Å². The lowest BCUT2D eigenvalue weighted by molar-refractivity contribution is -0.403. The minimum absolute atomic E-state index is 0.273. The summed E-state index contributed by atoms with van der Waals surface area (Å²) < 4.78 is 5.00. The minimum atomic E-state index is -0.511. The van der Waals surface area contributed by atoms with Gasteiger partial charge in [0.1, 0.15) is 6.23 Å².